The van der Waals surface area contributed by atoms with E-state index < -0.39 is 11.8 Å². The second kappa shape index (κ2) is 15.1. The third kappa shape index (κ3) is 8.85. The number of carbonyl (C=O) groups excluding carboxylic acids is 3. The highest BCUT2D eigenvalue weighted by Crippen LogP contribution is 2.27. The van der Waals surface area contributed by atoms with E-state index in [1.807, 2.05) is 36.4 Å². The SMILES string of the molecule is COc1ccc(/C=C(\NC(=O)c2ccccc2)C(=O)Nc2ccc(SCC(=O)Nc3ccc(I)cc3)cc2)c(OC)c1. The Morgan fingerprint density at radius 1 is 0.810 bits per heavy atom. The third-order valence-corrected chi connectivity index (χ3v) is 7.61. The predicted octanol–water partition coefficient (Wildman–Crippen LogP) is 6.45. The average molecular weight is 694 g/mol. The third-order valence-electron chi connectivity index (χ3n) is 5.88. The van der Waals surface area contributed by atoms with Gasteiger partial charge in [0.25, 0.3) is 11.8 Å². The van der Waals surface area contributed by atoms with E-state index in [-0.39, 0.29) is 17.4 Å². The standard InChI is InChI=1S/C32H28IN3O5S/c1-40-26-15-8-22(29(19-26)41-2)18-28(36-31(38)21-6-4-3-5-7-21)32(39)35-25-13-16-27(17-14-25)42-20-30(37)34-24-11-9-23(33)10-12-24/h3-19H,20H2,1-2H3,(H,34,37)(H,35,39)(H,36,38)/b28-18-. The summed E-state index contributed by atoms with van der Waals surface area (Å²) in [6, 6.07) is 28.5. The number of thioether (sulfide) groups is 1. The lowest BCUT2D eigenvalue weighted by Crippen LogP contribution is -2.30. The second-order valence-corrected chi connectivity index (χ2v) is 11.1. The largest absolute Gasteiger partial charge is 0.497 e. The Labute approximate surface area is 262 Å². The van der Waals surface area contributed by atoms with Gasteiger partial charge in [0.1, 0.15) is 17.2 Å². The van der Waals surface area contributed by atoms with Crippen molar-refractivity contribution >= 4 is 69.5 Å². The molecule has 4 aromatic rings. The second-order valence-electron chi connectivity index (χ2n) is 8.81. The van der Waals surface area contributed by atoms with Crippen LogP contribution in [-0.2, 0) is 9.59 Å². The van der Waals surface area contributed by atoms with Crippen LogP contribution in [0.25, 0.3) is 6.08 Å². The molecule has 3 amide bonds. The Morgan fingerprint density at radius 2 is 1.48 bits per heavy atom. The van der Waals surface area contributed by atoms with Gasteiger partial charge in [-0.2, -0.15) is 0 Å². The van der Waals surface area contributed by atoms with Crippen LogP contribution in [0.5, 0.6) is 11.5 Å². The maximum Gasteiger partial charge on any atom is 0.272 e. The molecular weight excluding hydrogens is 665 g/mol. The number of anilines is 2. The highest BCUT2D eigenvalue weighted by molar-refractivity contribution is 14.1. The summed E-state index contributed by atoms with van der Waals surface area (Å²) in [4.78, 5) is 39.5. The molecule has 10 heteroatoms. The summed E-state index contributed by atoms with van der Waals surface area (Å²) in [7, 11) is 3.06. The predicted molar refractivity (Wildman–Crippen MR) is 175 cm³/mol. The number of halogens is 1. The Kier molecular flexibility index (Phi) is 11.0. The first kappa shape index (κ1) is 30.7. The van der Waals surface area contributed by atoms with Gasteiger partial charge >= 0.3 is 0 Å². The first-order valence-corrected chi connectivity index (χ1v) is 14.8. The Balaban J connectivity index is 1.45. The summed E-state index contributed by atoms with van der Waals surface area (Å²) < 4.78 is 11.8. The van der Waals surface area contributed by atoms with Crippen LogP contribution in [0, 0.1) is 3.57 Å². The summed E-state index contributed by atoms with van der Waals surface area (Å²) in [6.07, 6.45) is 1.55. The minimum Gasteiger partial charge on any atom is -0.497 e. The minimum absolute atomic E-state index is 0.0260. The number of benzene rings is 4. The molecule has 0 radical (unpaired) electrons. The normalized spacial score (nSPS) is 10.9. The number of hydrogen-bond donors (Lipinski definition) is 3. The van der Waals surface area contributed by atoms with Crippen molar-refractivity contribution in [2.24, 2.45) is 0 Å². The molecule has 0 heterocycles. The van der Waals surface area contributed by atoms with Crippen molar-refractivity contribution in [1.29, 1.82) is 0 Å². The first-order valence-electron chi connectivity index (χ1n) is 12.7. The summed E-state index contributed by atoms with van der Waals surface area (Å²) in [5, 5.41) is 8.43. The van der Waals surface area contributed by atoms with Crippen LogP contribution in [0.2, 0.25) is 0 Å². The molecule has 0 aliphatic carbocycles. The van der Waals surface area contributed by atoms with Crippen molar-refractivity contribution in [1.82, 2.24) is 5.32 Å². The number of amides is 3. The van der Waals surface area contributed by atoms with E-state index in [2.05, 4.69) is 38.5 Å². The van der Waals surface area contributed by atoms with Crippen LogP contribution >= 0.6 is 34.4 Å². The molecule has 4 rings (SSSR count). The molecule has 0 saturated heterocycles. The molecule has 0 atom stereocenters. The number of nitrogens with one attached hydrogen (secondary N) is 3. The van der Waals surface area contributed by atoms with Gasteiger partial charge in [0.15, 0.2) is 0 Å². The van der Waals surface area contributed by atoms with E-state index >= 15 is 0 Å². The van der Waals surface area contributed by atoms with Crippen LogP contribution in [0.3, 0.4) is 0 Å². The average Bonchev–Trinajstić information content (AvgIpc) is 3.02. The van der Waals surface area contributed by atoms with E-state index in [1.165, 1.54) is 18.9 Å². The first-order chi connectivity index (χ1) is 20.3. The Hall–Kier alpha value is -4.29. The molecule has 42 heavy (non-hydrogen) atoms. The number of methoxy groups -OCH3 is 2. The van der Waals surface area contributed by atoms with Crippen LogP contribution in [0.4, 0.5) is 11.4 Å². The van der Waals surface area contributed by atoms with Gasteiger partial charge in [-0.25, -0.2) is 0 Å². The van der Waals surface area contributed by atoms with Crippen molar-refractivity contribution < 1.29 is 23.9 Å². The number of carbonyl (C=O) groups is 3. The zero-order valence-electron chi connectivity index (χ0n) is 22.8. The van der Waals surface area contributed by atoms with E-state index in [4.69, 9.17) is 9.47 Å². The molecule has 0 fully saturated rings. The van der Waals surface area contributed by atoms with Gasteiger partial charge in [-0.05, 0) is 101 Å². The van der Waals surface area contributed by atoms with Gasteiger partial charge in [-0.15, -0.1) is 11.8 Å². The van der Waals surface area contributed by atoms with Crippen LogP contribution < -0.4 is 25.4 Å². The zero-order valence-corrected chi connectivity index (χ0v) is 25.8. The molecule has 3 N–H and O–H groups in total. The molecular formula is C32H28IN3O5S. The van der Waals surface area contributed by atoms with Gasteiger partial charge in [0.05, 0.1) is 20.0 Å². The highest BCUT2D eigenvalue weighted by Gasteiger charge is 2.17. The fraction of sp³-hybridized carbons (Fsp3) is 0.0938. The van der Waals surface area contributed by atoms with Crippen molar-refractivity contribution in [2.45, 2.75) is 4.90 Å². The Morgan fingerprint density at radius 3 is 2.14 bits per heavy atom. The number of rotatable bonds is 11. The van der Waals surface area contributed by atoms with Crippen LogP contribution in [-0.4, -0.2) is 37.7 Å². The summed E-state index contributed by atoms with van der Waals surface area (Å²) in [5.41, 5.74) is 2.28. The van der Waals surface area contributed by atoms with E-state index in [1.54, 1.807) is 73.8 Å². The van der Waals surface area contributed by atoms with Crippen molar-refractivity contribution in [3.63, 3.8) is 0 Å². The summed E-state index contributed by atoms with van der Waals surface area (Å²) in [6.45, 7) is 0. The smallest absolute Gasteiger partial charge is 0.272 e. The van der Waals surface area contributed by atoms with Crippen molar-refractivity contribution in [3.8, 4) is 11.5 Å². The molecule has 0 unspecified atom stereocenters. The molecule has 0 aliphatic heterocycles. The maximum absolute atomic E-state index is 13.4. The van der Waals surface area contributed by atoms with Gasteiger partial charge in [-0.3, -0.25) is 14.4 Å². The molecule has 0 bridgehead atoms. The fourth-order valence-corrected chi connectivity index (χ4v) is 4.81. The quantitative estimate of drug-likeness (QED) is 0.0949. The van der Waals surface area contributed by atoms with Gasteiger partial charge in [0, 0.05) is 37.0 Å². The zero-order chi connectivity index (χ0) is 29.9. The van der Waals surface area contributed by atoms with E-state index in [9.17, 15) is 14.4 Å². The van der Waals surface area contributed by atoms with Gasteiger partial charge < -0.3 is 25.4 Å². The van der Waals surface area contributed by atoms with Crippen molar-refractivity contribution in [3.05, 3.63) is 117 Å². The van der Waals surface area contributed by atoms with Crippen LogP contribution in [0.15, 0.2) is 108 Å². The lowest BCUT2D eigenvalue weighted by atomic mass is 10.1. The molecule has 8 nitrogen and oxygen atoms in total. The maximum atomic E-state index is 13.4. The molecule has 0 spiro atoms. The van der Waals surface area contributed by atoms with E-state index in [0.717, 1.165) is 14.2 Å². The molecule has 214 valence electrons. The number of hydrogen-bond acceptors (Lipinski definition) is 6. The number of ether oxygens (including phenoxy) is 2. The van der Waals surface area contributed by atoms with Crippen molar-refractivity contribution in [2.75, 3.05) is 30.6 Å². The highest BCUT2D eigenvalue weighted by atomic mass is 127. The van der Waals surface area contributed by atoms with Gasteiger partial charge in [0.2, 0.25) is 5.91 Å². The monoisotopic (exact) mass is 693 g/mol. The lowest BCUT2D eigenvalue weighted by Gasteiger charge is -2.13. The lowest BCUT2D eigenvalue weighted by molar-refractivity contribution is -0.114. The summed E-state index contributed by atoms with van der Waals surface area (Å²) >= 11 is 3.59. The summed E-state index contributed by atoms with van der Waals surface area (Å²) in [5.74, 6) is 0.236. The van der Waals surface area contributed by atoms with Gasteiger partial charge in [-0.1, -0.05) is 18.2 Å². The molecule has 0 aromatic heterocycles. The van der Waals surface area contributed by atoms with Crippen LogP contribution in [0.1, 0.15) is 15.9 Å². The molecule has 0 saturated carbocycles. The van der Waals surface area contributed by atoms with E-state index in [0.29, 0.717) is 28.3 Å². The Bertz CT molecular complexity index is 1580. The molecule has 0 aliphatic rings. The topological polar surface area (TPSA) is 106 Å². The fourth-order valence-electron chi connectivity index (χ4n) is 3.75. The molecule has 4 aromatic carbocycles. The minimum atomic E-state index is -0.519.